The third-order valence-electron chi connectivity index (χ3n) is 5.09. The van der Waals surface area contributed by atoms with E-state index < -0.39 is 0 Å². The van der Waals surface area contributed by atoms with Gasteiger partial charge in [-0.05, 0) is 38.3 Å². The van der Waals surface area contributed by atoms with Gasteiger partial charge in [0.05, 0.1) is 19.1 Å². The van der Waals surface area contributed by atoms with Crippen LogP contribution in [0.15, 0.2) is 30.3 Å². The van der Waals surface area contributed by atoms with E-state index in [1.807, 2.05) is 30.3 Å². The third-order valence-corrected chi connectivity index (χ3v) is 5.09. The van der Waals surface area contributed by atoms with Crippen molar-refractivity contribution in [3.05, 3.63) is 30.3 Å². The van der Waals surface area contributed by atoms with Crippen LogP contribution in [0.2, 0.25) is 0 Å². The van der Waals surface area contributed by atoms with E-state index in [1.165, 1.54) is 13.1 Å². The van der Waals surface area contributed by atoms with Crippen LogP contribution in [0.25, 0.3) is 0 Å². The van der Waals surface area contributed by atoms with Gasteiger partial charge in [0.2, 0.25) is 0 Å². The molecule has 2 N–H and O–H groups in total. The molecule has 0 bridgehead atoms. The molecule has 1 aromatic rings. The molecule has 0 radical (unpaired) electrons. The number of piperidine rings is 1. The van der Waals surface area contributed by atoms with E-state index in [0.29, 0.717) is 18.0 Å². The van der Waals surface area contributed by atoms with Gasteiger partial charge in [-0.15, -0.1) is 0 Å². The fourth-order valence-corrected chi connectivity index (χ4v) is 3.43. The maximum atomic E-state index is 12.8. The number of nitrogens with one attached hydrogen (secondary N) is 2. The average Bonchev–Trinajstić information content (AvgIpc) is 2.56. The van der Waals surface area contributed by atoms with E-state index in [2.05, 4.69) is 37.9 Å². The van der Waals surface area contributed by atoms with Gasteiger partial charge in [0, 0.05) is 31.1 Å². The van der Waals surface area contributed by atoms with E-state index >= 15 is 0 Å². The highest BCUT2D eigenvalue weighted by Crippen LogP contribution is 2.16. The van der Waals surface area contributed by atoms with Gasteiger partial charge in [0.1, 0.15) is 0 Å². The van der Waals surface area contributed by atoms with Crippen molar-refractivity contribution in [3.63, 3.8) is 0 Å². The number of carbonyl (C=O) groups is 1. The minimum absolute atomic E-state index is 0.0554. The maximum absolute atomic E-state index is 12.8. The number of amides is 2. The van der Waals surface area contributed by atoms with E-state index in [0.717, 1.165) is 31.5 Å². The lowest BCUT2D eigenvalue weighted by Crippen LogP contribution is -3.16. The Morgan fingerprint density at radius 3 is 2.33 bits per heavy atom. The van der Waals surface area contributed by atoms with Gasteiger partial charge < -0.3 is 15.1 Å². The summed E-state index contributed by atoms with van der Waals surface area (Å²) in [4.78, 5) is 16.6. The van der Waals surface area contributed by atoms with Crippen LogP contribution < -0.4 is 10.2 Å². The Labute approximate surface area is 147 Å². The fraction of sp³-hybridized carbons (Fsp3) is 0.650. The smallest absolute Gasteiger partial charge is 0.322 e. The number of rotatable bonds is 6. The molecule has 0 atom stereocenters. The third kappa shape index (κ3) is 5.52. The number of hydrogen-bond donors (Lipinski definition) is 2. The average molecular weight is 333 g/mol. The van der Waals surface area contributed by atoms with Crippen molar-refractivity contribution in [2.24, 2.45) is 5.92 Å². The first-order valence-corrected chi connectivity index (χ1v) is 9.44. The number of benzene rings is 1. The SMILES string of the molecule is CC(C)CCN(C(=O)Nc1ccccc1)C1CC[NH+](C(C)C)CC1. The highest BCUT2D eigenvalue weighted by Gasteiger charge is 2.30. The molecule has 4 nitrogen and oxygen atoms in total. The Morgan fingerprint density at radius 1 is 1.17 bits per heavy atom. The number of nitrogens with zero attached hydrogens (tertiary/aromatic N) is 1. The molecular weight excluding hydrogens is 298 g/mol. The largest absolute Gasteiger partial charge is 0.333 e. The first kappa shape index (κ1) is 18.8. The molecular formula is C20H34N3O+. The second kappa shape index (κ2) is 9.07. The summed E-state index contributed by atoms with van der Waals surface area (Å²) in [6.07, 6.45) is 3.26. The molecule has 1 aromatic carbocycles. The lowest BCUT2D eigenvalue weighted by Gasteiger charge is -2.38. The van der Waals surface area contributed by atoms with E-state index in [4.69, 9.17) is 0 Å². The topological polar surface area (TPSA) is 36.8 Å². The van der Waals surface area contributed by atoms with Gasteiger partial charge in [-0.2, -0.15) is 0 Å². The summed E-state index contributed by atoms with van der Waals surface area (Å²) in [5.74, 6) is 0.610. The number of anilines is 1. The number of para-hydroxylation sites is 1. The van der Waals surface area contributed by atoms with Crippen molar-refractivity contribution in [2.75, 3.05) is 25.0 Å². The van der Waals surface area contributed by atoms with Crippen LogP contribution in [0.5, 0.6) is 0 Å². The summed E-state index contributed by atoms with van der Waals surface area (Å²) >= 11 is 0. The first-order chi connectivity index (χ1) is 11.5. The first-order valence-electron chi connectivity index (χ1n) is 9.44. The molecule has 0 saturated carbocycles. The van der Waals surface area contributed by atoms with Crippen LogP contribution >= 0.6 is 0 Å². The van der Waals surface area contributed by atoms with Crippen molar-refractivity contribution in [3.8, 4) is 0 Å². The van der Waals surface area contributed by atoms with Crippen LogP contribution in [0.3, 0.4) is 0 Å². The van der Waals surface area contributed by atoms with Crippen molar-refractivity contribution in [1.82, 2.24) is 4.90 Å². The Kier molecular flexibility index (Phi) is 7.10. The van der Waals surface area contributed by atoms with Gasteiger partial charge in [-0.1, -0.05) is 32.0 Å². The van der Waals surface area contributed by atoms with E-state index in [-0.39, 0.29) is 6.03 Å². The van der Waals surface area contributed by atoms with Crippen LogP contribution in [-0.4, -0.2) is 42.6 Å². The van der Waals surface area contributed by atoms with Crippen LogP contribution in [0.1, 0.15) is 47.0 Å². The minimum Gasteiger partial charge on any atom is -0.333 e. The Hall–Kier alpha value is -1.55. The number of urea groups is 1. The van der Waals surface area contributed by atoms with Gasteiger partial charge >= 0.3 is 6.03 Å². The molecule has 134 valence electrons. The predicted molar refractivity (Wildman–Crippen MR) is 100 cm³/mol. The molecule has 4 heteroatoms. The number of carbonyl (C=O) groups excluding carboxylic acids is 1. The second-order valence-corrected chi connectivity index (χ2v) is 7.72. The maximum Gasteiger partial charge on any atom is 0.322 e. The Balaban J connectivity index is 2.00. The standard InChI is InChI=1S/C20H33N3O/c1-16(2)10-15-23(19-11-13-22(14-12-19)17(3)4)20(24)21-18-8-6-5-7-9-18/h5-9,16-17,19H,10-15H2,1-4H3,(H,21,24)/p+1. The van der Waals surface area contributed by atoms with Crippen LogP contribution in [-0.2, 0) is 0 Å². The summed E-state index contributed by atoms with van der Waals surface area (Å²) < 4.78 is 0. The molecule has 1 aliphatic heterocycles. The lowest BCUT2D eigenvalue weighted by molar-refractivity contribution is -0.926. The lowest BCUT2D eigenvalue weighted by atomic mass is 10.0. The summed E-state index contributed by atoms with van der Waals surface area (Å²) in [5.41, 5.74) is 0.877. The summed E-state index contributed by atoms with van der Waals surface area (Å²) in [6, 6.07) is 10.9. The second-order valence-electron chi connectivity index (χ2n) is 7.72. The van der Waals surface area contributed by atoms with Crippen molar-refractivity contribution < 1.29 is 9.69 Å². The van der Waals surface area contributed by atoms with Gasteiger partial charge in [0.25, 0.3) is 0 Å². The monoisotopic (exact) mass is 332 g/mol. The summed E-state index contributed by atoms with van der Waals surface area (Å²) in [5, 5.41) is 3.08. The molecule has 0 spiro atoms. The molecule has 1 fully saturated rings. The molecule has 2 rings (SSSR count). The quantitative estimate of drug-likeness (QED) is 0.825. The van der Waals surface area contributed by atoms with Crippen molar-refractivity contribution in [1.29, 1.82) is 0 Å². The summed E-state index contributed by atoms with van der Waals surface area (Å²) in [7, 11) is 0. The summed E-state index contributed by atoms with van der Waals surface area (Å²) in [6.45, 7) is 12.2. The van der Waals surface area contributed by atoms with Crippen molar-refractivity contribution >= 4 is 11.7 Å². The molecule has 0 unspecified atom stereocenters. The van der Waals surface area contributed by atoms with Gasteiger partial charge in [-0.3, -0.25) is 0 Å². The molecule has 24 heavy (non-hydrogen) atoms. The zero-order valence-corrected chi connectivity index (χ0v) is 15.7. The van der Waals surface area contributed by atoms with Crippen LogP contribution in [0.4, 0.5) is 10.5 Å². The molecule has 1 aliphatic rings. The van der Waals surface area contributed by atoms with Gasteiger partial charge in [-0.25, -0.2) is 4.79 Å². The predicted octanol–water partition coefficient (Wildman–Crippen LogP) is 3.02. The zero-order valence-electron chi connectivity index (χ0n) is 15.7. The molecule has 2 amide bonds. The Bertz CT molecular complexity index is 493. The molecule has 1 heterocycles. The van der Waals surface area contributed by atoms with Crippen LogP contribution in [0, 0.1) is 5.92 Å². The highest BCUT2D eigenvalue weighted by molar-refractivity contribution is 5.89. The zero-order chi connectivity index (χ0) is 17.5. The minimum atomic E-state index is 0.0554. The normalized spacial score (nSPS) is 21.1. The molecule has 0 aliphatic carbocycles. The molecule has 0 aromatic heterocycles. The molecule has 1 saturated heterocycles. The van der Waals surface area contributed by atoms with Crippen molar-refractivity contribution in [2.45, 2.75) is 59.0 Å². The van der Waals surface area contributed by atoms with E-state index in [1.54, 1.807) is 4.90 Å². The van der Waals surface area contributed by atoms with E-state index in [9.17, 15) is 4.79 Å². The number of likely N-dealkylation sites (tertiary alicyclic amines) is 1. The Morgan fingerprint density at radius 2 is 1.79 bits per heavy atom. The number of hydrogen-bond acceptors (Lipinski definition) is 1. The van der Waals surface area contributed by atoms with Gasteiger partial charge in [0.15, 0.2) is 0 Å². The number of quaternary nitrogens is 1. The highest BCUT2D eigenvalue weighted by atomic mass is 16.2. The fourth-order valence-electron chi connectivity index (χ4n) is 3.43.